The molecule has 0 saturated carbocycles. The van der Waals surface area contributed by atoms with Crippen LogP contribution in [-0.4, -0.2) is 77.7 Å². The molecule has 2 atom stereocenters. The van der Waals surface area contributed by atoms with E-state index in [1.807, 2.05) is 6.26 Å². The Morgan fingerprint density at radius 3 is 2.44 bits per heavy atom. The number of rotatable bonds is 12. The first-order valence-corrected chi connectivity index (χ1v) is 13.2. The van der Waals surface area contributed by atoms with E-state index in [4.69, 9.17) is 9.47 Å². The van der Waals surface area contributed by atoms with Crippen molar-refractivity contribution in [1.82, 2.24) is 15.5 Å². The van der Waals surface area contributed by atoms with Gasteiger partial charge in [-0.3, -0.25) is 14.4 Å². The van der Waals surface area contributed by atoms with E-state index in [-0.39, 0.29) is 30.9 Å². The molecule has 0 bridgehead atoms. The molecular weight excluding hydrogens is 486 g/mol. The number of aromatic hydroxyl groups is 1. The molecule has 10 nitrogen and oxygen atoms in total. The molecule has 36 heavy (non-hydrogen) atoms. The maximum absolute atomic E-state index is 13.5. The van der Waals surface area contributed by atoms with Crippen LogP contribution in [0.1, 0.15) is 57.7 Å². The average Bonchev–Trinajstić information content (AvgIpc) is 2.78. The van der Waals surface area contributed by atoms with E-state index in [0.29, 0.717) is 17.7 Å². The normalized spacial score (nSPS) is 12.8. The van der Waals surface area contributed by atoms with Gasteiger partial charge in [0.05, 0.1) is 13.0 Å². The monoisotopic (exact) mass is 525 g/mol. The highest BCUT2D eigenvalue weighted by molar-refractivity contribution is 7.98. The number of carbonyl (C=O) groups excluding carboxylic acids is 4. The summed E-state index contributed by atoms with van der Waals surface area (Å²) in [6, 6.07) is 2.74. The highest BCUT2D eigenvalue weighted by Crippen LogP contribution is 2.31. The molecule has 0 radical (unpaired) electrons. The fourth-order valence-electron chi connectivity index (χ4n) is 3.36. The minimum absolute atomic E-state index is 0.00512. The van der Waals surface area contributed by atoms with Gasteiger partial charge in [-0.25, -0.2) is 4.79 Å². The molecule has 0 saturated heterocycles. The third-order valence-corrected chi connectivity index (χ3v) is 5.72. The van der Waals surface area contributed by atoms with Gasteiger partial charge in [0.25, 0.3) is 0 Å². The number of nitrogens with zero attached hydrogens (tertiary/aromatic N) is 1. The molecule has 0 spiro atoms. The number of alkyl carbamates (subject to hydrolysis) is 1. The number of thioether (sulfide) groups is 1. The fraction of sp³-hybridized carbons (Fsp3) is 0.600. The summed E-state index contributed by atoms with van der Waals surface area (Å²) in [5.74, 6) is -1.12. The Hall–Kier alpha value is -2.95. The summed E-state index contributed by atoms with van der Waals surface area (Å²) >= 11 is 1.51. The van der Waals surface area contributed by atoms with Crippen LogP contribution in [0.2, 0.25) is 0 Å². The second kappa shape index (κ2) is 14.6. The van der Waals surface area contributed by atoms with Crippen molar-refractivity contribution < 1.29 is 33.8 Å². The molecule has 0 heterocycles. The van der Waals surface area contributed by atoms with Crippen LogP contribution in [0, 0.1) is 6.92 Å². The fourth-order valence-corrected chi connectivity index (χ4v) is 3.83. The molecule has 3 amide bonds. The number of hydrogen-bond acceptors (Lipinski definition) is 8. The first-order valence-electron chi connectivity index (χ1n) is 11.8. The van der Waals surface area contributed by atoms with Crippen molar-refractivity contribution in [2.75, 3.05) is 32.2 Å². The van der Waals surface area contributed by atoms with Crippen LogP contribution in [0.25, 0.3) is 0 Å². The molecule has 11 heteroatoms. The highest BCUT2D eigenvalue weighted by atomic mass is 32.2. The third kappa shape index (κ3) is 9.96. The van der Waals surface area contributed by atoms with Crippen molar-refractivity contribution in [3.63, 3.8) is 0 Å². The Labute approximate surface area is 217 Å². The van der Waals surface area contributed by atoms with E-state index in [1.54, 1.807) is 52.8 Å². The van der Waals surface area contributed by atoms with Gasteiger partial charge in [0.2, 0.25) is 11.8 Å². The Balaban J connectivity index is 3.23. The number of benzene rings is 1. The van der Waals surface area contributed by atoms with Crippen LogP contribution >= 0.6 is 11.8 Å². The van der Waals surface area contributed by atoms with E-state index in [1.165, 1.54) is 23.7 Å². The maximum Gasteiger partial charge on any atom is 0.408 e. The summed E-state index contributed by atoms with van der Waals surface area (Å²) < 4.78 is 10.2. The highest BCUT2D eigenvalue weighted by Gasteiger charge is 2.35. The summed E-state index contributed by atoms with van der Waals surface area (Å²) in [6.07, 6.45) is 1.40. The van der Waals surface area contributed by atoms with Crippen molar-refractivity contribution in [2.45, 2.75) is 65.1 Å². The van der Waals surface area contributed by atoms with Gasteiger partial charge in [-0.2, -0.15) is 11.8 Å². The molecule has 1 aromatic rings. The van der Waals surface area contributed by atoms with Crippen LogP contribution in [0.5, 0.6) is 5.75 Å². The number of amides is 3. The molecule has 0 aliphatic heterocycles. The first kappa shape index (κ1) is 31.1. The zero-order valence-corrected chi connectivity index (χ0v) is 23.0. The Bertz CT molecular complexity index is 917. The smallest absolute Gasteiger partial charge is 0.408 e. The number of likely N-dealkylation sites (N-methyl/N-ethyl adjacent to an activating group) is 1. The number of aryl methyl sites for hydroxylation is 1. The Kier molecular flexibility index (Phi) is 12.6. The SMILES string of the molecule is CCOC(=O)CCNC(=O)C(c1cccc(C)c1O)N(C)C(=O)C(CCSC)NC(=O)OC(C)(C)C. The molecule has 1 rings (SSSR count). The van der Waals surface area contributed by atoms with Crippen LogP contribution < -0.4 is 10.6 Å². The summed E-state index contributed by atoms with van der Waals surface area (Å²) in [7, 11) is 1.43. The standard InChI is InChI=1S/C25H39N3O7S/c1-8-34-19(29)12-14-26-22(31)20(17-11-9-10-16(2)21(17)30)28(6)23(32)18(13-15-36-7)27-24(33)35-25(3,4)5/h9-11,18,20,30H,8,12-15H2,1-7H3,(H,26,31)(H,27,33). The summed E-state index contributed by atoms with van der Waals surface area (Å²) in [5, 5.41) is 16.0. The van der Waals surface area contributed by atoms with Crippen molar-refractivity contribution in [2.24, 2.45) is 0 Å². The molecule has 1 aromatic carbocycles. The minimum atomic E-state index is -1.21. The third-order valence-electron chi connectivity index (χ3n) is 5.08. The van der Waals surface area contributed by atoms with Crippen molar-refractivity contribution in [3.05, 3.63) is 29.3 Å². The lowest BCUT2D eigenvalue weighted by Gasteiger charge is -2.32. The lowest BCUT2D eigenvalue weighted by Crippen LogP contribution is -2.52. The van der Waals surface area contributed by atoms with Crippen molar-refractivity contribution in [1.29, 1.82) is 0 Å². The summed E-state index contributed by atoms with van der Waals surface area (Å²) in [4.78, 5) is 52.1. The second-order valence-electron chi connectivity index (χ2n) is 9.19. The van der Waals surface area contributed by atoms with Crippen LogP contribution in [0.15, 0.2) is 18.2 Å². The van der Waals surface area contributed by atoms with Gasteiger partial charge in [-0.15, -0.1) is 0 Å². The van der Waals surface area contributed by atoms with Crippen molar-refractivity contribution >= 4 is 35.6 Å². The number of carbonyl (C=O) groups is 4. The van der Waals surface area contributed by atoms with Gasteiger partial charge in [-0.05, 0) is 58.6 Å². The summed E-state index contributed by atoms with van der Waals surface area (Å²) in [6.45, 7) is 8.74. The van der Waals surface area contributed by atoms with Crippen LogP contribution in [-0.2, 0) is 23.9 Å². The van der Waals surface area contributed by atoms with Gasteiger partial charge >= 0.3 is 12.1 Å². The zero-order valence-electron chi connectivity index (χ0n) is 22.2. The van der Waals surface area contributed by atoms with Crippen LogP contribution in [0.4, 0.5) is 4.79 Å². The average molecular weight is 526 g/mol. The van der Waals surface area contributed by atoms with Gasteiger partial charge in [0, 0.05) is 19.2 Å². The number of ether oxygens (including phenoxy) is 2. The van der Waals surface area contributed by atoms with E-state index in [0.717, 1.165) is 0 Å². The number of nitrogens with one attached hydrogen (secondary N) is 2. The van der Waals surface area contributed by atoms with E-state index >= 15 is 0 Å². The molecule has 202 valence electrons. The predicted molar refractivity (Wildman–Crippen MR) is 139 cm³/mol. The maximum atomic E-state index is 13.5. The Morgan fingerprint density at radius 1 is 1.19 bits per heavy atom. The number of para-hydroxylation sites is 1. The van der Waals surface area contributed by atoms with Gasteiger partial charge < -0.3 is 30.1 Å². The van der Waals surface area contributed by atoms with Crippen LogP contribution in [0.3, 0.4) is 0 Å². The number of phenolic OH excluding ortho intramolecular Hbond substituents is 1. The zero-order chi connectivity index (χ0) is 27.5. The topological polar surface area (TPSA) is 134 Å². The molecular formula is C25H39N3O7S. The van der Waals surface area contributed by atoms with Gasteiger partial charge in [-0.1, -0.05) is 18.2 Å². The van der Waals surface area contributed by atoms with Gasteiger partial charge in [0.15, 0.2) is 0 Å². The second-order valence-corrected chi connectivity index (χ2v) is 10.2. The molecule has 3 N–H and O–H groups in total. The number of hydrogen-bond donors (Lipinski definition) is 3. The quantitative estimate of drug-likeness (QED) is 0.355. The first-order chi connectivity index (χ1) is 16.8. The lowest BCUT2D eigenvalue weighted by atomic mass is 9.99. The molecule has 0 fully saturated rings. The molecule has 0 aliphatic rings. The molecule has 2 unspecified atom stereocenters. The lowest BCUT2D eigenvalue weighted by molar-refractivity contribution is -0.143. The molecule has 0 aromatic heterocycles. The van der Waals surface area contributed by atoms with E-state index in [2.05, 4.69) is 10.6 Å². The summed E-state index contributed by atoms with van der Waals surface area (Å²) in [5.41, 5.74) is 0.00138. The van der Waals surface area contributed by atoms with E-state index < -0.39 is 41.6 Å². The predicted octanol–water partition coefficient (Wildman–Crippen LogP) is 2.92. The largest absolute Gasteiger partial charge is 0.507 e. The number of esters is 1. The van der Waals surface area contributed by atoms with Gasteiger partial charge in [0.1, 0.15) is 23.4 Å². The Morgan fingerprint density at radius 2 is 1.86 bits per heavy atom. The van der Waals surface area contributed by atoms with Crippen molar-refractivity contribution in [3.8, 4) is 5.75 Å². The minimum Gasteiger partial charge on any atom is -0.507 e. The molecule has 0 aliphatic carbocycles. The number of phenols is 1. The van der Waals surface area contributed by atoms with E-state index in [9.17, 15) is 24.3 Å².